The number of aliphatic hydroxyl groups excluding tert-OH is 5. The predicted molar refractivity (Wildman–Crippen MR) is 373 cm³/mol. The summed E-state index contributed by atoms with van der Waals surface area (Å²) < 4.78 is 11.4. The zero-order valence-electron chi connectivity index (χ0n) is 57.5. The van der Waals surface area contributed by atoms with Crippen molar-refractivity contribution < 1.29 is 39.8 Å². The maximum atomic E-state index is 13.2. The highest BCUT2D eigenvalue weighted by Crippen LogP contribution is 2.24. The molecule has 87 heavy (non-hydrogen) atoms. The molecule has 0 aromatic carbocycles. The molecule has 0 saturated carbocycles. The van der Waals surface area contributed by atoms with Gasteiger partial charge in [0.15, 0.2) is 6.29 Å². The highest BCUT2D eigenvalue weighted by Gasteiger charge is 2.44. The molecule has 1 rings (SSSR count). The van der Waals surface area contributed by atoms with Crippen LogP contribution in [0.1, 0.15) is 386 Å². The molecule has 0 aliphatic carbocycles. The van der Waals surface area contributed by atoms with E-state index in [0.717, 1.165) is 64.2 Å². The molecule has 1 saturated heterocycles. The van der Waals surface area contributed by atoms with Gasteiger partial charge in [-0.05, 0) is 51.4 Å². The fourth-order valence-electron chi connectivity index (χ4n) is 12.5. The first-order valence-electron chi connectivity index (χ1n) is 38.3. The number of carbonyl (C=O) groups is 1. The Kier molecular flexibility index (Phi) is 64.1. The van der Waals surface area contributed by atoms with Gasteiger partial charge in [0.25, 0.3) is 0 Å². The maximum absolute atomic E-state index is 13.2. The summed E-state index contributed by atoms with van der Waals surface area (Å²) in [6.45, 7) is 3.79. The van der Waals surface area contributed by atoms with Gasteiger partial charge in [-0.15, -0.1) is 0 Å². The van der Waals surface area contributed by atoms with E-state index in [4.69, 9.17) is 9.47 Å². The lowest BCUT2D eigenvalue weighted by atomic mass is 9.99. The molecule has 6 N–H and O–H groups in total. The average molecular weight is 1230 g/mol. The van der Waals surface area contributed by atoms with Crippen molar-refractivity contribution in [1.82, 2.24) is 5.32 Å². The molecule has 1 heterocycles. The van der Waals surface area contributed by atoms with Crippen molar-refractivity contribution in [3.05, 3.63) is 48.6 Å². The molecule has 0 aromatic rings. The third kappa shape index (κ3) is 55.5. The second-order valence-corrected chi connectivity index (χ2v) is 26.8. The Labute approximate surface area is 539 Å². The monoisotopic (exact) mass is 1230 g/mol. The van der Waals surface area contributed by atoms with Gasteiger partial charge in [0.1, 0.15) is 24.4 Å². The zero-order chi connectivity index (χ0) is 62.8. The van der Waals surface area contributed by atoms with Gasteiger partial charge in [-0.25, -0.2) is 0 Å². The van der Waals surface area contributed by atoms with Gasteiger partial charge in [0, 0.05) is 6.42 Å². The fourth-order valence-corrected chi connectivity index (χ4v) is 12.5. The van der Waals surface area contributed by atoms with Gasteiger partial charge in [0.2, 0.25) is 5.91 Å². The minimum Gasteiger partial charge on any atom is -0.394 e. The Morgan fingerprint density at radius 2 is 0.713 bits per heavy atom. The van der Waals surface area contributed by atoms with Crippen molar-refractivity contribution in [2.45, 2.75) is 429 Å². The van der Waals surface area contributed by atoms with Crippen molar-refractivity contribution in [2.24, 2.45) is 0 Å². The number of ether oxygens (including phenoxy) is 2. The number of aliphatic hydroxyl groups is 5. The van der Waals surface area contributed by atoms with Crippen LogP contribution in [0.25, 0.3) is 0 Å². The van der Waals surface area contributed by atoms with Crippen molar-refractivity contribution in [1.29, 1.82) is 0 Å². The van der Waals surface area contributed by atoms with Crippen LogP contribution in [0.3, 0.4) is 0 Å². The van der Waals surface area contributed by atoms with E-state index in [1.807, 2.05) is 0 Å². The lowest BCUT2D eigenvalue weighted by Gasteiger charge is -2.40. The smallest absolute Gasteiger partial charge is 0.220 e. The molecule has 7 atom stereocenters. The number of unbranched alkanes of at least 4 members (excludes halogenated alkanes) is 50. The van der Waals surface area contributed by atoms with Gasteiger partial charge in [-0.1, -0.05) is 377 Å². The normalized spacial score (nSPS) is 18.2. The van der Waals surface area contributed by atoms with Crippen LogP contribution in [-0.4, -0.2) is 87.5 Å². The lowest BCUT2D eigenvalue weighted by Crippen LogP contribution is -2.60. The van der Waals surface area contributed by atoms with E-state index < -0.39 is 49.5 Å². The number of nitrogens with one attached hydrogen (secondary N) is 1. The Bertz CT molecular complexity index is 1520. The molecule has 1 amide bonds. The molecular formula is C78H147NO8. The quantitative estimate of drug-likeness (QED) is 0.0261. The summed E-state index contributed by atoms with van der Waals surface area (Å²) >= 11 is 0. The van der Waals surface area contributed by atoms with E-state index >= 15 is 0 Å². The molecule has 512 valence electrons. The van der Waals surface area contributed by atoms with Crippen LogP contribution in [0.2, 0.25) is 0 Å². The second-order valence-electron chi connectivity index (χ2n) is 26.8. The van der Waals surface area contributed by atoms with E-state index in [0.29, 0.717) is 12.8 Å². The van der Waals surface area contributed by atoms with Gasteiger partial charge in [-0.3, -0.25) is 4.79 Å². The number of rotatable bonds is 68. The second kappa shape index (κ2) is 67.1. The fraction of sp³-hybridized carbons (Fsp3) is 0.885. The van der Waals surface area contributed by atoms with E-state index in [2.05, 4.69) is 67.8 Å². The number of hydrogen-bond donors (Lipinski definition) is 6. The molecule has 0 bridgehead atoms. The summed E-state index contributed by atoms with van der Waals surface area (Å²) in [4.78, 5) is 13.2. The van der Waals surface area contributed by atoms with Crippen LogP contribution < -0.4 is 5.32 Å². The SMILES string of the molecule is CC/C=C\C/C=C\C/C=C\C/C=C\CCCCCCCCCCCCCCCCCCCCCCCCC(=O)NC(COC1OC(CO)C(O)C(O)C1O)C(O)CCCCCCCCCCCCCCCCCCCCCCCCCCCCCCC. The van der Waals surface area contributed by atoms with E-state index in [1.54, 1.807) is 0 Å². The highest BCUT2D eigenvalue weighted by molar-refractivity contribution is 5.76. The van der Waals surface area contributed by atoms with Gasteiger partial charge < -0.3 is 40.3 Å². The minimum atomic E-state index is -1.55. The standard InChI is InChI=1S/C78H147NO8/c1-3-5-7-9-11-13-15-17-19-21-23-25-27-29-31-33-34-35-36-37-38-40-42-44-46-48-50-52-54-56-58-60-62-64-66-68-74(82)79-71(70-86-78-77(85)76(84)75(83)73(69-80)87-78)72(81)67-65-63-61-59-57-55-53-51-49-47-45-43-41-39-32-30-28-26-24-22-20-18-16-14-12-10-8-6-4-2/h5,7,11,13,17,19,23,25,71-73,75-78,80-81,83-85H,3-4,6,8-10,12,14-16,18,20-22,24,26-70H2,1-2H3,(H,79,82)/b7-5-,13-11-,19-17-,25-23-. The Morgan fingerprint density at radius 3 is 1.06 bits per heavy atom. The van der Waals surface area contributed by atoms with Crippen LogP contribution in [0, 0.1) is 0 Å². The highest BCUT2D eigenvalue weighted by atomic mass is 16.7. The molecular weight excluding hydrogens is 1080 g/mol. The molecule has 1 fully saturated rings. The van der Waals surface area contributed by atoms with Crippen molar-refractivity contribution >= 4 is 5.91 Å². The Morgan fingerprint density at radius 1 is 0.402 bits per heavy atom. The first-order chi connectivity index (χ1) is 42.8. The predicted octanol–water partition coefficient (Wildman–Crippen LogP) is 21.5. The number of allylic oxidation sites excluding steroid dienone is 8. The van der Waals surface area contributed by atoms with Crippen LogP contribution in [0.5, 0.6) is 0 Å². The lowest BCUT2D eigenvalue weighted by molar-refractivity contribution is -0.302. The molecule has 9 heteroatoms. The Balaban J connectivity index is 2.06. The third-order valence-corrected chi connectivity index (χ3v) is 18.4. The summed E-state index contributed by atoms with van der Waals surface area (Å²) in [5.74, 6) is -0.136. The van der Waals surface area contributed by atoms with E-state index in [9.17, 15) is 30.3 Å². The largest absolute Gasteiger partial charge is 0.394 e. The molecule has 1 aliphatic heterocycles. The molecule has 0 spiro atoms. The molecule has 0 radical (unpaired) electrons. The zero-order valence-corrected chi connectivity index (χ0v) is 57.5. The first kappa shape index (κ1) is 83.2. The summed E-state index contributed by atoms with van der Waals surface area (Å²) in [6, 6.07) is -0.720. The third-order valence-electron chi connectivity index (χ3n) is 18.4. The Hall–Kier alpha value is -1.85. The van der Waals surface area contributed by atoms with Crippen molar-refractivity contribution in [3.63, 3.8) is 0 Å². The first-order valence-corrected chi connectivity index (χ1v) is 38.3. The maximum Gasteiger partial charge on any atom is 0.220 e. The molecule has 1 aliphatic rings. The topological polar surface area (TPSA) is 149 Å². The van der Waals surface area contributed by atoms with E-state index in [-0.39, 0.29) is 12.5 Å². The summed E-state index contributed by atoms with van der Waals surface area (Å²) in [5.41, 5.74) is 0. The van der Waals surface area contributed by atoms with Crippen LogP contribution in [0.15, 0.2) is 48.6 Å². The summed E-state index contributed by atoms with van der Waals surface area (Å²) in [5, 5.41) is 55.1. The number of amides is 1. The van der Waals surface area contributed by atoms with Crippen LogP contribution in [0.4, 0.5) is 0 Å². The van der Waals surface area contributed by atoms with Crippen molar-refractivity contribution in [3.8, 4) is 0 Å². The van der Waals surface area contributed by atoms with Crippen molar-refractivity contribution in [2.75, 3.05) is 13.2 Å². The van der Waals surface area contributed by atoms with Crippen LogP contribution >= 0.6 is 0 Å². The van der Waals surface area contributed by atoms with Crippen LogP contribution in [-0.2, 0) is 14.3 Å². The molecule has 0 aromatic heterocycles. The summed E-state index contributed by atoms with van der Waals surface area (Å²) in [7, 11) is 0. The van der Waals surface area contributed by atoms with Gasteiger partial charge in [0.05, 0.1) is 25.4 Å². The van der Waals surface area contributed by atoms with Gasteiger partial charge >= 0.3 is 0 Å². The number of carbonyl (C=O) groups excluding carboxylic acids is 1. The number of hydrogen-bond acceptors (Lipinski definition) is 8. The molecule has 7 unspecified atom stereocenters. The average Bonchev–Trinajstić information content (AvgIpc) is 3.47. The van der Waals surface area contributed by atoms with Gasteiger partial charge in [-0.2, -0.15) is 0 Å². The molecule has 9 nitrogen and oxygen atoms in total. The summed E-state index contributed by atoms with van der Waals surface area (Å²) in [6.07, 6.45) is 84.9. The minimum absolute atomic E-state index is 0.134. The van der Waals surface area contributed by atoms with E-state index in [1.165, 1.54) is 295 Å².